The number of nitrogens with zero attached hydrogens (tertiary/aromatic N) is 1. The number of unbranched alkanes of at least 4 members (excludes halogenated alkanes) is 5. The van der Waals surface area contributed by atoms with Gasteiger partial charge in [-0.2, -0.15) is 0 Å². The fraction of sp³-hybridized carbons (Fsp3) is 0.957. The summed E-state index contributed by atoms with van der Waals surface area (Å²) in [5.41, 5.74) is 0. The molecule has 1 aliphatic rings. The summed E-state index contributed by atoms with van der Waals surface area (Å²) in [5, 5.41) is 0. The van der Waals surface area contributed by atoms with Crippen molar-refractivity contribution in [1.82, 2.24) is 4.90 Å². The molecule has 1 rings (SSSR count). The van der Waals surface area contributed by atoms with Crippen molar-refractivity contribution in [2.24, 2.45) is 5.92 Å². The summed E-state index contributed by atoms with van der Waals surface area (Å²) < 4.78 is 22.1. The molecule has 1 aliphatic heterocycles. The topological polar surface area (TPSA) is 57.2 Å². The maximum Gasteiger partial charge on any atom is 0.222 e. The number of ether oxygens (including phenoxy) is 4. The van der Waals surface area contributed by atoms with Gasteiger partial charge >= 0.3 is 0 Å². The maximum absolute atomic E-state index is 12.6. The second kappa shape index (κ2) is 19.3. The lowest BCUT2D eigenvalue weighted by Crippen LogP contribution is -2.36. The van der Waals surface area contributed by atoms with E-state index in [9.17, 15) is 4.79 Å². The number of amides is 1. The lowest BCUT2D eigenvalue weighted by atomic mass is 10.00. The van der Waals surface area contributed by atoms with Crippen molar-refractivity contribution in [3.8, 4) is 0 Å². The molecule has 1 amide bonds. The number of hydrogen-bond donors (Lipinski definition) is 0. The Balaban J connectivity index is 2.16. The predicted octanol–water partition coefficient (Wildman–Crippen LogP) is 4.06. The summed E-state index contributed by atoms with van der Waals surface area (Å²) >= 11 is 0. The molecule has 1 unspecified atom stereocenters. The molecule has 0 spiro atoms. The molecule has 0 radical (unpaired) electrons. The van der Waals surface area contributed by atoms with Crippen LogP contribution in [-0.4, -0.2) is 76.8 Å². The molecule has 1 heterocycles. The maximum atomic E-state index is 12.6. The summed E-state index contributed by atoms with van der Waals surface area (Å²) in [6.45, 7) is 10.3. The van der Waals surface area contributed by atoms with Crippen molar-refractivity contribution in [3.05, 3.63) is 0 Å². The Labute approximate surface area is 178 Å². The first-order chi connectivity index (χ1) is 14.2. The molecule has 0 saturated carbocycles. The lowest BCUT2D eigenvalue weighted by molar-refractivity contribution is -0.133. The molecule has 1 atom stereocenters. The molecule has 6 heteroatoms. The summed E-state index contributed by atoms with van der Waals surface area (Å²) in [6.07, 6.45) is 10.6. The highest BCUT2D eigenvalue weighted by Crippen LogP contribution is 2.14. The number of carbonyl (C=O) groups is 1. The monoisotopic (exact) mass is 415 g/mol. The molecule has 1 fully saturated rings. The van der Waals surface area contributed by atoms with Gasteiger partial charge in [0.2, 0.25) is 5.91 Å². The van der Waals surface area contributed by atoms with Gasteiger partial charge in [-0.3, -0.25) is 4.79 Å². The van der Waals surface area contributed by atoms with E-state index >= 15 is 0 Å². The van der Waals surface area contributed by atoms with Crippen LogP contribution in [0.25, 0.3) is 0 Å². The van der Waals surface area contributed by atoms with Crippen LogP contribution in [0.2, 0.25) is 0 Å². The zero-order valence-corrected chi connectivity index (χ0v) is 19.0. The number of carbonyl (C=O) groups excluding carboxylic acids is 1. The molecule has 0 aromatic carbocycles. The zero-order chi connectivity index (χ0) is 21.0. The first-order valence-corrected chi connectivity index (χ1v) is 11.8. The third kappa shape index (κ3) is 15.8. The summed E-state index contributed by atoms with van der Waals surface area (Å²) in [4.78, 5) is 14.5. The minimum Gasteiger partial charge on any atom is -0.377 e. The van der Waals surface area contributed by atoms with Gasteiger partial charge in [0.25, 0.3) is 0 Å². The van der Waals surface area contributed by atoms with Gasteiger partial charge < -0.3 is 23.8 Å². The van der Waals surface area contributed by atoms with Gasteiger partial charge in [0.05, 0.1) is 52.9 Å². The normalized spacial score (nSPS) is 19.3. The van der Waals surface area contributed by atoms with E-state index in [4.69, 9.17) is 18.9 Å². The lowest BCUT2D eigenvalue weighted by Gasteiger charge is -2.22. The Morgan fingerprint density at radius 3 is 1.69 bits per heavy atom. The standard InChI is InChI=1S/C23H45NO5/c1-3-22(2)10-8-6-4-5-7-9-11-23(25)24-12-14-26-16-18-28-20-21-29-19-17-27-15-13-24/h22H,3-21H2,1-2H3. The van der Waals surface area contributed by atoms with Gasteiger partial charge in [0, 0.05) is 19.5 Å². The van der Waals surface area contributed by atoms with E-state index in [0.717, 1.165) is 18.8 Å². The largest absolute Gasteiger partial charge is 0.377 e. The van der Waals surface area contributed by atoms with Crippen molar-refractivity contribution in [2.75, 3.05) is 65.9 Å². The third-order valence-electron chi connectivity index (χ3n) is 5.51. The van der Waals surface area contributed by atoms with Crippen LogP contribution in [0.15, 0.2) is 0 Å². The highest BCUT2D eigenvalue weighted by molar-refractivity contribution is 5.76. The summed E-state index contributed by atoms with van der Waals surface area (Å²) in [5.74, 6) is 1.07. The number of rotatable bonds is 10. The summed E-state index contributed by atoms with van der Waals surface area (Å²) in [7, 11) is 0. The van der Waals surface area contributed by atoms with Crippen LogP contribution in [0.4, 0.5) is 0 Å². The van der Waals surface area contributed by atoms with Crippen molar-refractivity contribution in [3.63, 3.8) is 0 Å². The minimum atomic E-state index is 0.214. The van der Waals surface area contributed by atoms with E-state index in [1.165, 1.54) is 38.5 Å². The minimum absolute atomic E-state index is 0.214. The average Bonchev–Trinajstić information content (AvgIpc) is 2.74. The van der Waals surface area contributed by atoms with E-state index in [1.54, 1.807) is 0 Å². The van der Waals surface area contributed by atoms with Crippen LogP contribution < -0.4 is 0 Å². The Bertz CT molecular complexity index is 364. The Morgan fingerprint density at radius 1 is 0.724 bits per heavy atom. The van der Waals surface area contributed by atoms with Gasteiger partial charge in [0.1, 0.15) is 0 Å². The fourth-order valence-electron chi connectivity index (χ4n) is 3.31. The highest BCUT2D eigenvalue weighted by Gasteiger charge is 2.13. The SMILES string of the molecule is CCC(C)CCCCCCCCC(=O)N1CCOCCOCCOCCOCC1. The van der Waals surface area contributed by atoms with Gasteiger partial charge in [-0.15, -0.1) is 0 Å². The van der Waals surface area contributed by atoms with Gasteiger partial charge in [0.15, 0.2) is 0 Å². The molecule has 0 aromatic heterocycles. The Hall–Kier alpha value is -0.690. The first-order valence-electron chi connectivity index (χ1n) is 11.8. The quantitative estimate of drug-likeness (QED) is 0.504. The van der Waals surface area contributed by atoms with Crippen LogP contribution >= 0.6 is 0 Å². The summed E-state index contributed by atoms with van der Waals surface area (Å²) in [6, 6.07) is 0. The molecule has 0 aromatic rings. The van der Waals surface area contributed by atoms with Crippen molar-refractivity contribution in [2.45, 2.75) is 71.6 Å². The predicted molar refractivity (Wildman–Crippen MR) is 116 cm³/mol. The fourth-order valence-corrected chi connectivity index (χ4v) is 3.31. The smallest absolute Gasteiger partial charge is 0.222 e. The second-order valence-electron chi connectivity index (χ2n) is 8.00. The zero-order valence-electron chi connectivity index (χ0n) is 19.0. The molecule has 1 saturated heterocycles. The molecule has 29 heavy (non-hydrogen) atoms. The molecule has 6 nitrogen and oxygen atoms in total. The van der Waals surface area contributed by atoms with Crippen molar-refractivity contribution in [1.29, 1.82) is 0 Å². The molecule has 172 valence electrons. The van der Waals surface area contributed by atoms with E-state index in [-0.39, 0.29) is 5.91 Å². The van der Waals surface area contributed by atoms with Crippen LogP contribution in [0.5, 0.6) is 0 Å². The van der Waals surface area contributed by atoms with Gasteiger partial charge in [-0.25, -0.2) is 0 Å². The molecule has 0 aliphatic carbocycles. The Morgan fingerprint density at radius 2 is 1.17 bits per heavy atom. The van der Waals surface area contributed by atoms with Gasteiger partial charge in [-0.05, 0) is 12.3 Å². The van der Waals surface area contributed by atoms with Crippen molar-refractivity contribution >= 4 is 5.91 Å². The van der Waals surface area contributed by atoms with Gasteiger partial charge in [-0.1, -0.05) is 58.8 Å². The molecular weight excluding hydrogens is 370 g/mol. The van der Waals surface area contributed by atoms with Crippen molar-refractivity contribution < 1.29 is 23.7 Å². The first kappa shape index (κ1) is 26.3. The second-order valence-corrected chi connectivity index (χ2v) is 8.00. The molecule has 0 N–H and O–H groups in total. The number of hydrogen-bond acceptors (Lipinski definition) is 5. The highest BCUT2D eigenvalue weighted by atomic mass is 16.6. The third-order valence-corrected chi connectivity index (χ3v) is 5.51. The van der Waals surface area contributed by atoms with Crippen LogP contribution in [-0.2, 0) is 23.7 Å². The van der Waals surface area contributed by atoms with Crippen LogP contribution in [0.3, 0.4) is 0 Å². The Kier molecular flexibility index (Phi) is 17.5. The van der Waals surface area contributed by atoms with E-state index in [0.29, 0.717) is 72.4 Å². The average molecular weight is 416 g/mol. The molecule has 0 bridgehead atoms. The van der Waals surface area contributed by atoms with E-state index in [1.807, 2.05) is 4.90 Å². The van der Waals surface area contributed by atoms with Crippen LogP contribution in [0, 0.1) is 5.92 Å². The van der Waals surface area contributed by atoms with Crippen LogP contribution in [0.1, 0.15) is 71.6 Å². The molecular formula is C23H45NO5. The van der Waals surface area contributed by atoms with E-state index < -0.39 is 0 Å². The van der Waals surface area contributed by atoms with E-state index in [2.05, 4.69) is 13.8 Å².